The first-order chi connectivity index (χ1) is 12.1. The van der Waals surface area contributed by atoms with E-state index in [4.69, 9.17) is 4.42 Å². The number of para-hydroxylation sites is 1. The molecule has 2 aromatic rings. The summed E-state index contributed by atoms with van der Waals surface area (Å²) in [4.78, 5) is 23.7. The first-order valence-corrected chi connectivity index (χ1v) is 7.59. The number of nitrogens with one attached hydrogen (secondary N) is 2. The number of aliphatic hydroxyl groups is 1. The number of alkyl halides is 3. The monoisotopic (exact) mass is 370 g/mol. The molecule has 0 aliphatic rings. The molecule has 0 saturated heterocycles. The number of hydrogen-bond acceptors (Lipinski definition) is 4. The van der Waals surface area contributed by atoms with Gasteiger partial charge in [0.1, 0.15) is 5.76 Å². The fraction of sp³-hybridized carbons (Fsp3) is 0.294. The summed E-state index contributed by atoms with van der Waals surface area (Å²) in [5.41, 5.74) is -2.99. The number of benzene rings is 1. The van der Waals surface area contributed by atoms with E-state index in [2.05, 4.69) is 5.32 Å². The summed E-state index contributed by atoms with van der Waals surface area (Å²) in [6.45, 7) is 1.13. The van der Waals surface area contributed by atoms with Crippen molar-refractivity contribution in [1.29, 1.82) is 0 Å². The summed E-state index contributed by atoms with van der Waals surface area (Å²) in [6.07, 6.45) is -3.17. The highest BCUT2D eigenvalue weighted by atomic mass is 19.4. The third kappa shape index (κ3) is 5.35. The van der Waals surface area contributed by atoms with Crippen LogP contribution in [-0.4, -0.2) is 29.1 Å². The lowest BCUT2D eigenvalue weighted by Gasteiger charge is -2.22. The summed E-state index contributed by atoms with van der Waals surface area (Å²) < 4.78 is 43.8. The van der Waals surface area contributed by atoms with Gasteiger partial charge in [-0.05, 0) is 31.2 Å². The highest BCUT2D eigenvalue weighted by molar-refractivity contribution is 6.39. The van der Waals surface area contributed by atoms with Crippen LogP contribution in [0.15, 0.2) is 47.1 Å². The molecule has 6 nitrogen and oxygen atoms in total. The lowest BCUT2D eigenvalue weighted by atomic mass is 10.0. The van der Waals surface area contributed by atoms with Crippen molar-refractivity contribution in [2.24, 2.45) is 0 Å². The number of halogens is 3. The van der Waals surface area contributed by atoms with Gasteiger partial charge in [0.15, 0.2) is 0 Å². The molecule has 0 spiro atoms. The van der Waals surface area contributed by atoms with Gasteiger partial charge in [-0.1, -0.05) is 12.1 Å². The summed E-state index contributed by atoms with van der Waals surface area (Å²) in [5.74, 6) is -1.95. The van der Waals surface area contributed by atoms with Crippen LogP contribution in [0.1, 0.15) is 18.2 Å². The van der Waals surface area contributed by atoms with E-state index in [0.29, 0.717) is 5.76 Å². The molecule has 1 aromatic carbocycles. The largest absolute Gasteiger partial charge is 0.469 e. The minimum atomic E-state index is -4.67. The normalized spacial score (nSPS) is 13.7. The Morgan fingerprint density at radius 1 is 1.12 bits per heavy atom. The van der Waals surface area contributed by atoms with Gasteiger partial charge in [0, 0.05) is 13.0 Å². The van der Waals surface area contributed by atoms with Crippen LogP contribution in [0, 0.1) is 0 Å². The average molecular weight is 370 g/mol. The standard InChI is InChI=1S/C17H17F3N2O4/c1-16(25,9-11-5-4-8-26-11)10-21-14(23)15(24)22-13-7-3-2-6-12(13)17(18,19)20/h2-8,25H,9-10H2,1H3,(H,21,23)(H,22,24). The third-order valence-corrected chi connectivity index (χ3v) is 3.45. The predicted molar refractivity (Wildman–Crippen MR) is 86.1 cm³/mol. The molecule has 0 aliphatic heterocycles. The van der Waals surface area contributed by atoms with E-state index in [1.807, 2.05) is 5.32 Å². The zero-order valence-corrected chi connectivity index (χ0v) is 13.8. The molecule has 3 N–H and O–H groups in total. The molecule has 1 unspecified atom stereocenters. The van der Waals surface area contributed by atoms with Crippen LogP contribution in [0.25, 0.3) is 0 Å². The van der Waals surface area contributed by atoms with Crippen molar-refractivity contribution >= 4 is 17.5 Å². The van der Waals surface area contributed by atoms with Crippen LogP contribution in [0.5, 0.6) is 0 Å². The summed E-state index contributed by atoms with van der Waals surface area (Å²) >= 11 is 0. The molecule has 1 heterocycles. The number of hydrogen-bond donors (Lipinski definition) is 3. The zero-order valence-electron chi connectivity index (χ0n) is 13.8. The van der Waals surface area contributed by atoms with Crippen molar-refractivity contribution in [3.8, 4) is 0 Å². The van der Waals surface area contributed by atoms with Gasteiger partial charge in [0.25, 0.3) is 0 Å². The van der Waals surface area contributed by atoms with E-state index in [9.17, 15) is 27.9 Å². The van der Waals surface area contributed by atoms with Crippen molar-refractivity contribution in [3.05, 3.63) is 54.0 Å². The Kier molecular flexibility index (Phi) is 5.71. The fourth-order valence-electron chi connectivity index (χ4n) is 2.22. The molecule has 140 valence electrons. The van der Waals surface area contributed by atoms with E-state index in [1.165, 1.54) is 25.3 Å². The summed E-state index contributed by atoms with van der Waals surface area (Å²) in [5, 5.41) is 14.3. The van der Waals surface area contributed by atoms with Gasteiger partial charge in [-0.15, -0.1) is 0 Å². The Labute approximate surface area is 147 Å². The molecule has 2 amide bonds. The summed E-state index contributed by atoms with van der Waals surface area (Å²) in [6, 6.07) is 7.58. The van der Waals surface area contributed by atoms with Crippen LogP contribution >= 0.6 is 0 Å². The maximum absolute atomic E-state index is 12.9. The first kappa shape index (κ1) is 19.5. The van der Waals surface area contributed by atoms with Crippen molar-refractivity contribution in [2.75, 3.05) is 11.9 Å². The maximum atomic E-state index is 12.9. The number of carbonyl (C=O) groups is 2. The Morgan fingerprint density at radius 3 is 2.42 bits per heavy atom. The van der Waals surface area contributed by atoms with Gasteiger partial charge in [-0.3, -0.25) is 9.59 Å². The van der Waals surface area contributed by atoms with Gasteiger partial charge in [-0.25, -0.2) is 0 Å². The minimum absolute atomic E-state index is 0.0821. The highest BCUT2D eigenvalue weighted by Gasteiger charge is 2.34. The summed E-state index contributed by atoms with van der Waals surface area (Å²) in [7, 11) is 0. The second-order valence-electron chi connectivity index (χ2n) is 5.93. The molecule has 0 radical (unpaired) electrons. The fourth-order valence-corrected chi connectivity index (χ4v) is 2.22. The topological polar surface area (TPSA) is 91.6 Å². The molecule has 26 heavy (non-hydrogen) atoms. The third-order valence-electron chi connectivity index (χ3n) is 3.45. The minimum Gasteiger partial charge on any atom is -0.469 e. The number of carbonyl (C=O) groups excluding carboxylic acids is 2. The molecular weight excluding hydrogens is 353 g/mol. The molecule has 1 aromatic heterocycles. The molecule has 2 rings (SSSR count). The number of amides is 2. The molecule has 9 heteroatoms. The van der Waals surface area contributed by atoms with E-state index in [1.54, 1.807) is 12.1 Å². The van der Waals surface area contributed by atoms with Crippen molar-refractivity contribution < 1.29 is 32.3 Å². The Bertz CT molecular complexity index is 771. The van der Waals surface area contributed by atoms with Crippen molar-refractivity contribution in [1.82, 2.24) is 5.32 Å². The van der Waals surface area contributed by atoms with Crippen molar-refractivity contribution in [3.63, 3.8) is 0 Å². The van der Waals surface area contributed by atoms with E-state index < -0.39 is 34.8 Å². The number of anilines is 1. The van der Waals surface area contributed by atoms with Gasteiger partial charge in [-0.2, -0.15) is 13.2 Å². The molecule has 0 saturated carbocycles. The first-order valence-electron chi connectivity index (χ1n) is 7.59. The van der Waals surface area contributed by atoms with Gasteiger partial charge < -0.3 is 20.2 Å². The molecular formula is C17H17F3N2O4. The van der Waals surface area contributed by atoms with Crippen LogP contribution in [0.2, 0.25) is 0 Å². The number of rotatable bonds is 5. The Morgan fingerprint density at radius 2 is 1.81 bits per heavy atom. The van der Waals surface area contributed by atoms with Crippen LogP contribution in [0.4, 0.5) is 18.9 Å². The van der Waals surface area contributed by atoms with Crippen LogP contribution < -0.4 is 10.6 Å². The van der Waals surface area contributed by atoms with Crippen molar-refractivity contribution in [2.45, 2.75) is 25.1 Å². The molecule has 1 atom stereocenters. The van der Waals surface area contributed by atoms with Crippen LogP contribution in [0.3, 0.4) is 0 Å². The highest BCUT2D eigenvalue weighted by Crippen LogP contribution is 2.34. The lowest BCUT2D eigenvalue weighted by Crippen LogP contribution is -2.45. The second kappa shape index (κ2) is 7.61. The van der Waals surface area contributed by atoms with Gasteiger partial charge in [0.2, 0.25) is 0 Å². The molecule has 0 bridgehead atoms. The molecule has 0 fully saturated rings. The van der Waals surface area contributed by atoms with E-state index >= 15 is 0 Å². The average Bonchev–Trinajstić information content (AvgIpc) is 3.04. The smallest absolute Gasteiger partial charge is 0.418 e. The Balaban J connectivity index is 1.95. The van der Waals surface area contributed by atoms with E-state index in [-0.39, 0.29) is 13.0 Å². The quantitative estimate of drug-likeness (QED) is 0.705. The molecule has 0 aliphatic carbocycles. The second-order valence-corrected chi connectivity index (χ2v) is 5.93. The number of furan rings is 1. The Hall–Kier alpha value is -2.81. The van der Waals surface area contributed by atoms with E-state index in [0.717, 1.165) is 12.1 Å². The lowest BCUT2D eigenvalue weighted by molar-refractivity contribution is -0.138. The predicted octanol–water partition coefficient (Wildman–Crippen LogP) is 2.35. The van der Waals surface area contributed by atoms with Crippen LogP contribution in [-0.2, 0) is 22.2 Å². The SMILES string of the molecule is CC(O)(CNC(=O)C(=O)Nc1ccccc1C(F)(F)F)Cc1ccco1. The zero-order chi connectivity index (χ0) is 19.4. The maximum Gasteiger partial charge on any atom is 0.418 e. The van der Waals surface area contributed by atoms with Gasteiger partial charge in [0.05, 0.1) is 23.1 Å². The van der Waals surface area contributed by atoms with Gasteiger partial charge >= 0.3 is 18.0 Å².